The van der Waals surface area contributed by atoms with Gasteiger partial charge in [0.1, 0.15) is 11.5 Å². The highest BCUT2D eigenvalue weighted by atomic mass is 35.5. The second-order valence-electron chi connectivity index (χ2n) is 7.85. The molecule has 0 spiro atoms. The summed E-state index contributed by atoms with van der Waals surface area (Å²) in [5, 5.41) is 3.94. The molecule has 1 N–H and O–H groups in total. The molecule has 1 saturated carbocycles. The molecule has 0 unspecified atom stereocenters. The number of thiazole rings is 1. The third-order valence-electron chi connectivity index (χ3n) is 4.99. The van der Waals surface area contributed by atoms with Crippen molar-refractivity contribution in [2.24, 2.45) is 5.92 Å². The molecule has 0 atom stereocenters. The predicted octanol–water partition coefficient (Wildman–Crippen LogP) is 6.87. The van der Waals surface area contributed by atoms with Crippen molar-refractivity contribution in [2.75, 3.05) is 13.2 Å². The number of unbranched alkanes of at least 4 members (excludes halogenated alkanes) is 4. The zero-order chi connectivity index (χ0) is 21.9. The van der Waals surface area contributed by atoms with E-state index in [2.05, 4.69) is 17.2 Å². The van der Waals surface area contributed by atoms with E-state index < -0.39 is 0 Å². The number of halogens is 1. The minimum atomic E-state index is 0.105. The highest BCUT2D eigenvalue weighted by Crippen LogP contribution is 2.35. The van der Waals surface area contributed by atoms with Crippen LogP contribution in [0.1, 0.15) is 63.2 Å². The van der Waals surface area contributed by atoms with E-state index in [0.717, 1.165) is 30.1 Å². The minimum Gasteiger partial charge on any atom is -0.493 e. The molecule has 1 aliphatic carbocycles. The van der Waals surface area contributed by atoms with Crippen LogP contribution in [-0.2, 0) is 4.79 Å². The number of hydrogen-bond donors (Lipinski definition) is 1. The van der Waals surface area contributed by atoms with Gasteiger partial charge >= 0.3 is 0 Å². The molecule has 3 rings (SSSR count). The molecule has 1 amide bonds. The summed E-state index contributed by atoms with van der Waals surface area (Å²) in [7, 11) is 0. The summed E-state index contributed by atoms with van der Waals surface area (Å²) < 4.78 is 11.6. The van der Waals surface area contributed by atoms with Gasteiger partial charge < -0.3 is 14.8 Å². The van der Waals surface area contributed by atoms with E-state index in [1.54, 1.807) is 18.3 Å². The summed E-state index contributed by atoms with van der Waals surface area (Å²) in [4.78, 5) is 17.1. The number of ether oxygens (including phenoxy) is 2. The van der Waals surface area contributed by atoms with Crippen LogP contribution in [0.25, 0.3) is 6.08 Å². The van der Waals surface area contributed by atoms with Crippen LogP contribution in [0.3, 0.4) is 0 Å². The molecule has 1 heterocycles. The Morgan fingerprint density at radius 1 is 1.29 bits per heavy atom. The van der Waals surface area contributed by atoms with Gasteiger partial charge in [-0.2, -0.15) is 0 Å². The maximum absolute atomic E-state index is 11.8. The highest BCUT2D eigenvalue weighted by Gasteiger charge is 2.22. The first-order valence-corrected chi connectivity index (χ1v) is 12.3. The summed E-state index contributed by atoms with van der Waals surface area (Å²) in [6.45, 7) is 3.45. The SMILES string of the molecule is CCCCCCCC(=O)NC/C=C/c1cnc(Oc2ccc(OCC3CC3)cc2Cl)s1. The van der Waals surface area contributed by atoms with Gasteiger partial charge in [-0.15, -0.1) is 0 Å². The Morgan fingerprint density at radius 2 is 2.13 bits per heavy atom. The summed E-state index contributed by atoms with van der Waals surface area (Å²) >= 11 is 7.75. The first-order valence-electron chi connectivity index (χ1n) is 11.1. The van der Waals surface area contributed by atoms with Crippen molar-refractivity contribution >= 4 is 34.9 Å². The molecule has 1 fully saturated rings. The Morgan fingerprint density at radius 3 is 2.90 bits per heavy atom. The van der Waals surface area contributed by atoms with Gasteiger partial charge in [0.15, 0.2) is 0 Å². The molecule has 168 valence electrons. The van der Waals surface area contributed by atoms with Gasteiger partial charge in [0.25, 0.3) is 5.19 Å². The molecule has 0 bridgehead atoms. The molecule has 31 heavy (non-hydrogen) atoms. The van der Waals surface area contributed by atoms with E-state index in [1.807, 2.05) is 18.2 Å². The Bertz CT molecular complexity index is 864. The van der Waals surface area contributed by atoms with Crippen LogP contribution in [0.5, 0.6) is 16.7 Å². The van der Waals surface area contributed by atoms with E-state index in [1.165, 1.54) is 43.4 Å². The van der Waals surface area contributed by atoms with E-state index in [0.29, 0.717) is 34.8 Å². The number of benzene rings is 1. The number of aromatic nitrogens is 1. The van der Waals surface area contributed by atoms with Crippen molar-refractivity contribution in [3.8, 4) is 16.7 Å². The average Bonchev–Trinajstić information content (AvgIpc) is 3.49. The molecule has 0 aliphatic heterocycles. The van der Waals surface area contributed by atoms with Crippen molar-refractivity contribution in [1.82, 2.24) is 10.3 Å². The van der Waals surface area contributed by atoms with Gasteiger partial charge in [-0.3, -0.25) is 4.79 Å². The van der Waals surface area contributed by atoms with Crippen LogP contribution in [0.4, 0.5) is 0 Å². The second-order valence-corrected chi connectivity index (χ2v) is 9.28. The van der Waals surface area contributed by atoms with E-state index in [-0.39, 0.29) is 5.91 Å². The molecular weight excluding hydrogens is 432 g/mol. The number of rotatable bonds is 14. The van der Waals surface area contributed by atoms with Gasteiger partial charge in [-0.25, -0.2) is 4.98 Å². The van der Waals surface area contributed by atoms with Crippen molar-refractivity contribution in [2.45, 2.75) is 58.3 Å². The van der Waals surface area contributed by atoms with Gasteiger partial charge in [-0.05, 0) is 43.4 Å². The summed E-state index contributed by atoms with van der Waals surface area (Å²) in [5.41, 5.74) is 0. The van der Waals surface area contributed by atoms with Gasteiger partial charge in [0.2, 0.25) is 5.91 Å². The summed E-state index contributed by atoms with van der Waals surface area (Å²) in [6.07, 6.45) is 14.5. The van der Waals surface area contributed by atoms with Crippen molar-refractivity contribution in [1.29, 1.82) is 0 Å². The Hall–Kier alpha value is -2.05. The first kappa shape index (κ1) is 23.6. The standard InChI is InChI=1S/C24H31ClN2O3S/c1-2-3-4-5-6-9-23(28)26-14-7-8-20-16-27-24(31-20)30-22-13-12-19(15-21(22)25)29-17-18-10-11-18/h7-8,12-13,15-16,18H,2-6,9-11,14,17H2,1H3,(H,26,28)/b8-7+. The van der Waals surface area contributed by atoms with E-state index in [9.17, 15) is 4.79 Å². The summed E-state index contributed by atoms with van der Waals surface area (Å²) in [6, 6.07) is 5.45. The largest absolute Gasteiger partial charge is 0.493 e. The summed E-state index contributed by atoms with van der Waals surface area (Å²) in [5.74, 6) is 2.11. The van der Waals surface area contributed by atoms with Crippen LogP contribution in [-0.4, -0.2) is 24.0 Å². The number of amides is 1. The lowest BCUT2D eigenvalue weighted by atomic mass is 10.1. The molecule has 1 aromatic carbocycles. The van der Waals surface area contributed by atoms with Crippen LogP contribution < -0.4 is 14.8 Å². The molecule has 5 nitrogen and oxygen atoms in total. The molecule has 1 aliphatic rings. The third kappa shape index (κ3) is 8.91. The van der Waals surface area contributed by atoms with Crippen LogP contribution in [0.15, 0.2) is 30.5 Å². The van der Waals surface area contributed by atoms with Crippen LogP contribution >= 0.6 is 22.9 Å². The maximum atomic E-state index is 11.8. The lowest BCUT2D eigenvalue weighted by Gasteiger charge is -2.08. The number of carbonyl (C=O) groups excluding carboxylic acids is 1. The Balaban J connectivity index is 1.38. The zero-order valence-corrected chi connectivity index (χ0v) is 19.6. The molecule has 0 saturated heterocycles. The molecule has 1 aromatic heterocycles. The van der Waals surface area contributed by atoms with Gasteiger partial charge in [0.05, 0.1) is 16.5 Å². The lowest BCUT2D eigenvalue weighted by molar-refractivity contribution is -0.121. The number of nitrogens with zero attached hydrogens (tertiary/aromatic N) is 1. The topological polar surface area (TPSA) is 60.5 Å². The van der Waals surface area contributed by atoms with Crippen molar-refractivity contribution in [3.63, 3.8) is 0 Å². The first-order chi connectivity index (χ1) is 15.1. The zero-order valence-electron chi connectivity index (χ0n) is 18.1. The number of hydrogen-bond acceptors (Lipinski definition) is 5. The van der Waals surface area contributed by atoms with E-state index in [4.69, 9.17) is 21.1 Å². The Kier molecular flexibility index (Phi) is 9.69. The van der Waals surface area contributed by atoms with Crippen molar-refractivity contribution < 1.29 is 14.3 Å². The van der Waals surface area contributed by atoms with Crippen LogP contribution in [0, 0.1) is 5.92 Å². The fourth-order valence-electron chi connectivity index (χ4n) is 2.97. The van der Waals surface area contributed by atoms with Gasteiger partial charge in [0, 0.05) is 25.2 Å². The van der Waals surface area contributed by atoms with E-state index >= 15 is 0 Å². The lowest BCUT2D eigenvalue weighted by Crippen LogP contribution is -2.22. The Labute approximate surface area is 193 Å². The molecule has 0 radical (unpaired) electrons. The van der Waals surface area contributed by atoms with Crippen molar-refractivity contribution in [3.05, 3.63) is 40.4 Å². The smallest absolute Gasteiger partial charge is 0.279 e. The highest BCUT2D eigenvalue weighted by molar-refractivity contribution is 7.14. The third-order valence-corrected chi connectivity index (χ3v) is 6.13. The monoisotopic (exact) mass is 462 g/mol. The fourth-order valence-corrected chi connectivity index (χ4v) is 3.88. The predicted molar refractivity (Wildman–Crippen MR) is 127 cm³/mol. The maximum Gasteiger partial charge on any atom is 0.279 e. The fraction of sp³-hybridized carbons (Fsp3) is 0.500. The minimum absolute atomic E-state index is 0.105. The quantitative estimate of drug-likeness (QED) is 0.311. The number of nitrogens with one attached hydrogen (secondary N) is 1. The molecule has 7 heteroatoms. The normalized spacial score (nSPS) is 13.5. The molecule has 2 aromatic rings. The van der Waals surface area contributed by atoms with Crippen LogP contribution in [0.2, 0.25) is 5.02 Å². The second kappa shape index (κ2) is 12.7. The average molecular weight is 463 g/mol. The number of carbonyl (C=O) groups is 1. The molecular formula is C24H31ClN2O3S. The van der Waals surface area contributed by atoms with Gasteiger partial charge in [-0.1, -0.05) is 61.6 Å².